The van der Waals surface area contributed by atoms with Crippen LogP contribution in [0.4, 0.5) is 0 Å². The molecule has 0 saturated heterocycles. The molecule has 2 aromatic rings. The van der Waals surface area contributed by atoms with E-state index in [0.717, 1.165) is 18.5 Å². The summed E-state index contributed by atoms with van der Waals surface area (Å²) in [6.45, 7) is 4.61. The molecule has 1 atom stereocenters. The van der Waals surface area contributed by atoms with Crippen LogP contribution < -0.4 is 10.9 Å². The zero-order valence-electron chi connectivity index (χ0n) is 13.0. The molecule has 1 N–H and O–H groups in total. The molecule has 0 aliphatic carbocycles. The van der Waals surface area contributed by atoms with Crippen LogP contribution >= 0.6 is 0 Å². The van der Waals surface area contributed by atoms with Gasteiger partial charge in [0, 0.05) is 6.07 Å². The minimum Gasteiger partial charge on any atom is -0.311 e. The lowest BCUT2D eigenvalue weighted by Crippen LogP contribution is -2.30. The molecule has 0 fully saturated rings. The Labute approximate surface area is 125 Å². The van der Waals surface area contributed by atoms with Gasteiger partial charge >= 0.3 is 0 Å². The molecule has 0 spiro atoms. The van der Waals surface area contributed by atoms with Gasteiger partial charge in [-0.3, -0.25) is 4.79 Å². The summed E-state index contributed by atoms with van der Waals surface area (Å²) < 4.78 is 1.52. The lowest BCUT2D eigenvalue weighted by Gasteiger charge is -2.18. The maximum atomic E-state index is 11.9. The molecule has 1 unspecified atom stereocenters. The highest BCUT2D eigenvalue weighted by Gasteiger charge is 2.11. The Bertz CT molecular complexity index is 631. The maximum absolute atomic E-state index is 11.9. The van der Waals surface area contributed by atoms with Crippen molar-refractivity contribution in [3.8, 4) is 0 Å². The molecule has 2 rings (SSSR count). The van der Waals surface area contributed by atoms with Gasteiger partial charge in [0.05, 0.1) is 18.3 Å². The second kappa shape index (κ2) is 7.18. The molecule has 0 aliphatic rings. The summed E-state index contributed by atoms with van der Waals surface area (Å²) in [5.41, 5.74) is 3.31. The third-order valence-corrected chi connectivity index (χ3v) is 3.62. The fraction of sp³-hybridized carbons (Fsp3) is 0.412. The molecule has 112 valence electrons. The van der Waals surface area contributed by atoms with Crippen LogP contribution in [0.5, 0.6) is 0 Å². The van der Waals surface area contributed by atoms with Gasteiger partial charge in [-0.2, -0.15) is 5.10 Å². The van der Waals surface area contributed by atoms with Crippen LogP contribution in [0.2, 0.25) is 0 Å². The van der Waals surface area contributed by atoms with Crippen molar-refractivity contribution in [2.45, 2.75) is 39.3 Å². The summed E-state index contributed by atoms with van der Waals surface area (Å²) in [7, 11) is 1.91. The number of nitrogens with one attached hydrogen (secondary N) is 1. The van der Waals surface area contributed by atoms with E-state index in [0.29, 0.717) is 6.54 Å². The number of rotatable bonds is 6. The zero-order valence-corrected chi connectivity index (χ0v) is 13.0. The first-order chi connectivity index (χ1) is 10.1. The third kappa shape index (κ3) is 4.02. The number of hydrogen-bond donors (Lipinski definition) is 1. The smallest absolute Gasteiger partial charge is 0.266 e. The zero-order chi connectivity index (χ0) is 15.2. The average Bonchev–Trinajstić information content (AvgIpc) is 2.49. The first kappa shape index (κ1) is 15.4. The van der Waals surface area contributed by atoms with E-state index in [-0.39, 0.29) is 11.6 Å². The largest absolute Gasteiger partial charge is 0.311 e. The molecule has 1 aromatic carbocycles. The fourth-order valence-corrected chi connectivity index (χ4v) is 2.42. The average molecular weight is 285 g/mol. The third-order valence-electron chi connectivity index (χ3n) is 3.62. The normalized spacial score (nSPS) is 12.3. The summed E-state index contributed by atoms with van der Waals surface area (Å²) >= 11 is 0. The van der Waals surface area contributed by atoms with Crippen molar-refractivity contribution in [2.24, 2.45) is 0 Å². The van der Waals surface area contributed by atoms with Gasteiger partial charge in [-0.15, -0.1) is 0 Å². The minimum absolute atomic E-state index is 0.0662. The van der Waals surface area contributed by atoms with Gasteiger partial charge in [0.15, 0.2) is 0 Å². The summed E-state index contributed by atoms with van der Waals surface area (Å²) in [4.78, 5) is 11.9. The van der Waals surface area contributed by atoms with E-state index >= 15 is 0 Å². The molecule has 4 heteroatoms. The molecule has 1 heterocycles. The molecule has 0 saturated carbocycles. The molecule has 0 radical (unpaired) electrons. The number of hydrogen-bond acceptors (Lipinski definition) is 3. The van der Waals surface area contributed by atoms with E-state index in [1.807, 2.05) is 14.0 Å². The molecular weight excluding hydrogens is 262 g/mol. The molecular formula is C17H23N3O. The molecule has 0 amide bonds. The van der Waals surface area contributed by atoms with Gasteiger partial charge in [0.1, 0.15) is 0 Å². The van der Waals surface area contributed by atoms with E-state index in [1.165, 1.54) is 15.8 Å². The van der Waals surface area contributed by atoms with Crippen molar-refractivity contribution >= 4 is 0 Å². The van der Waals surface area contributed by atoms with Crippen LogP contribution in [0.3, 0.4) is 0 Å². The van der Waals surface area contributed by atoms with Crippen LogP contribution in [0.15, 0.2) is 41.2 Å². The van der Waals surface area contributed by atoms with Gasteiger partial charge in [-0.25, -0.2) is 4.68 Å². The maximum Gasteiger partial charge on any atom is 0.266 e. The van der Waals surface area contributed by atoms with Gasteiger partial charge in [-0.05, 0) is 37.6 Å². The van der Waals surface area contributed by atoms with Crippen LogP contribution in [0, 0.1) is 6.92 Å². The van der Waals surface area contributed by atoms with Crippen molar-refractivity contribution in [1.82, 2.24) is 15.1 Å². The predicted octanol–water partition coefficient (Wildman–Crippen LogP) is 2.46. The number of nitrogens with zero attached hydrogens (tertiary/aromatic N) is 2. The Kier molecular flexibility index (Phi) is 5.28. The molecule has 21 heavy (non-hydrogen) atoms. The van der Waals surface area contributed by atoms with Crippen molar-refractivity contribution in [3.05, 3.63) is 63.6 Å². The van der Waals surface area contributed by atoms with E-state index in [1.54, 1.807) is 12.1 Å². The monoisotopic (exact) mass is 285 g/mol. The summed E-state index contributed by atoms with van der Waals surface area (Å²) in [5, 5.41) is 7.56. The molecule has 1 aromatic heterocycles. The van der Waals surface area contributed by atoms with Crippen LogP contribution in [0.1, 0.15) is 36.2 Å². The Morgan fingerprint density at radius 2 is 1.90 bits per heavy atom. The highest BCUT2D eigenvalue weighted by Crippen LogP contribution is 2.15. The van der Waals surface area contributed by atoms with Crippen LogP contribution in [-0.2, 0) is 13.0 Å². The second-order valence-electron chi connectivity index (χ2n) is 5.33. The Hall–Kier alpha value is -1.94. The van der Waals surface area contributed by atoms with E-state index < -0.39 is 0 Å². The fourth-order valence-electron chi connectivity index (χ4n) is 2.42. The van der Waals surface area contributed by atoms with Gasteiger partial charge in [-0.1, -0.05) is 37.6 Å². The second-order valence-corrected chi connectivity index (χ2v) is 5.33. The van der Waals surface area contributed by atoms with E-state index in [2.05, 4.69) is 41.6 Å². The Morgan fingerprint density at radius 3 is 2.52 bits per heavy atom. The number of aryl methyl sites for hydroxylation is 2. The quantitative estimate of drug-likeness (QED) is 0.887. The lowest BCUT2D eigenvalue weighted by atomic mass is 10.0. The number of likely N-dealkylation sites (N-methyl/N-ethyl adjacent to an activating group) is 1. The highest BCUT2D eigenvalue weighted by molar-refractivity contribution is 5.25. The predicted molar refractivity (Wildman–Crippen MR) is 85.5 cm³/mol. The number of aromatic nitrogens is 2. The van der Waals surface area contributed by atoms with Crippen molar-refractivity contribution in [1.29, 1.82) is 0 Å². The van der Waals surface area contributed by atoms with Crippen molar-refractivity contribution in [3.63, 3.8) is 0 Å². The first-order valence-corrected chi connectivity index (χ1v) is 7.45. The van der Waals surface area contributed by atoms with Crippen LogP contribution in [0.25, 0.3) is 0 Å². The van der Waals surface area contributed by atoms with E-state index in [9.17, 15) is 4.79 Å². The highest BCUT2D eigenvalue weighted by atomic mass is 16.1. The summed E-state index contributed by atoms with van der Waals surface area (Å²) in [6.07, 6.45) is 2.25. The summed E-state index contributed by atoms with van der Waals surface area (Å²) in [5.74, 6) is 0. The Morgan fingerprint density at radius 1 is 1.19 bits per heavy atom. The molecule has 0 aliphatic heterocycles. The minimum atomic E-state index is -0.0662. The first-order valence-electron chi connectivity index (χ1n) is 7.45. The van der Waals surface area contributed by atoms with Crippen molar-refractivity contribution in [2.75, 3.05) is 7.05 Å². The molecule has 0 bridgehead atoms. The topological polar surface area (TPSA) is 46.9 Å². The number of benzene rings is 1. The Balaban J connectivity index is 2.19. The van der Waals surface area contributed by atoms with E-state index in [4.69, 9.17) is 0 Å². The van der Waals surface area contributed by atoms with Gasteiger partial charge in [0.2, 0.25) is 0 Å². The SMILES string of the molecule is CCCc1ccc(C(Cn2nc(C)ccc2=O)NC)cc1. The standard InChI is InChI=1S/C17H23N3O/c1-4-5-14-7-9-15(10-8-14)16(18-3)12-20-17(21)11-6-13(2)19-20/h6-11,16,18H,4-5,12H2,1-3H3. The van der Waals surface area contributed by atoms with Crippen LogP contribution in [-0.4, -0.2) is 16.8 Å². The van der Waals surface area contributed by atoms with Gasteiger partial charge in [0.25, 0.3) is 5.56 Å². The molecule has 4 nitrogen and oxygen atoms in total. The van der Waals surface area contributed by atoms with Crippen molar-refractivity contribution < 1.29 is 0 Å². The van der Waals surface area contributed by atoms with Gasteiger partial charge < -0.3 is 5.32 Å². The lowest BCUT2D eigenvalue weighted by molar-refractivity contribution is 0.449. The summed E-state index contributed by atoms with van der Waals surface area (Å²) in [6, 6.07) is 12.0.